The fourth-order valence-corrected chi connectivity index (χ4v) is 1.97. The molecule has 0 unspecified atom stereocenters. The molecule has 0 saturated carbocycles. The normalized spacial score (nSPS) is 10.6. The van der Waals surface area contributed by atoms with Gasteiger partial charge in [0.05, 0.1) is 11.2 Å². The molecular weight excluding hydrogens is 236 g/mol. The quantitative estimate of drug-likeness (QED) is 0.776. The molecule has 19 heavy (non-hydrogen) atoms. The first-order valence-electron chi connectivity index (χ1n) is 6.29. The first-order chi connectivity index (χ1) is 9.36. The molecule has 4 nitrogen and oxygen atoms in total. The average molecular weight is 250 g/mol. The van der Waals surface area contributed by atoms with Gasteiger partial charge in [-0.2, -0.15) is 0 Å². The largest absolute Gasteiger partial charge is 0.369 e. The van der Waals surface area contributed by atoms with Crippen LogP contribution in [-0.4, -0.2) is 21.7 Å². The SMILES string of the molecule is CCNc1ccc(-c2cnc3ccccc3c2)nn1. The van der Waals surface area contributed by atoms with E-state index in [9.17, 15) is 0 Å². The first kappa shape index (κ1) is 11.6. The molecule has 1 aromatic carbocycles. The van der Waals surface area contributed by atoms with Crippen LogP contribution in [0.5, 0.6) is 0 Å². The molecule has 0 aliphatic heterocycles. The second kappa shape index (κ2) is 5.02. The maximum atomic E-state index is 4.43. The van der Waals surface area contributed by atoms with E-state index in [1.807, 2.05) is 49.5 Å². The highest BCUT2D eigenvalue weighted by Gasteiger charge is 2.03. The summed E-state index contributed by atoms with van der Waals surface area (Å²) in [6.45, 7) is 2.87. The highest BCUT2D eigenvalue weighted by molar-refractivity contribution is 5.82. The lowest BCUT2D eigenvalue weighted by Crippen LogP contribution is -2.00. The molecule has 3 rings (SSSR count). The molecule has 0 spiro atoms. The van der Waals surface area contributed by atoms with Crippen molar-refractivity contribution in [3.8, 4) is 11.3 Å². The lowest BCUT2D eigenvalue weighted by Gasteiger charge is -2.04. The fraction of sp³-hybridized carbons (Fsp3) is 0.133. The molecule has 0 fully saturated rings. The van der Waals surface area contributed by atoms with E-state index in [0.717, 1.165) is 34.5 Å². The third-order valence-electron chi connectivity index (χ3n) is 2.91. The molecule has 0 bridgehead atoms. The van der Waals surface area contributed by atoms with E-state index >= 15 is 0 Å². The molecule has 0 atom stereocenters. The zero-order valence-corrected chi connectivity index (χ0v) is 10.7. The molecule has 0 saturated heterocycles. The fourth-order valence-electron chi connectivity index (χ4n) is 1.97. The van der Waals surface area contributed by atoms with Crippen molar-refractivity contribution in [2.45, 2.75) is 6.92 Å². The Morgan fingerprint density at radius 3 is 2.74 bits per heavy atom. The third-order valence-corrected chi connectivity index (χ3v) is 2.91. The topological polar surface area (TPSA) is 50.7 Å². The van der Waals surface area contributed by atoms with Crippen LogP contribution < -0.4 is 5.32 Å². The molecule has 94 valence electrons. The van der Waals surface area contributed by atoms with E-state index in [1.54, 1.807) is 0 Å². The number of hydrogen-bond donors (Lipinski definition) is 1. The molecule has 2 heterocycles. The van der Waals surface area contributed by atoms with E-state index < -0.39 is 0 Å². The smallest absolute Gasteiger partial charge is 0.148 e. The van der Waals surface area contributed by atoms with Crippen molar-refractivity contribution < 1.29 is 0 Å². The van der Waals surface area contributed by atoms with Gasteiger partial charge in [-0.3, -0.25) is 4.98 Å². The summed E-state index contributed by atoms with van der Waals surface area (Å²) in [4.78, 5) is 4.43. The van der Waals surface area contributed by atoms with Gasteiger partial charge in [-0.05, 0) is 31.2 Å². The Morgan fingerprint density at radius 1 is 1.05 bits per heavy atom. The minimum Gasteiger partial charge on any atom is -0.369 e. The highest BCUT2D eigenvalue weighted by atomic mass is 15.2. The minimum atomic E-state index is 0.792. The van der Waals surface area contributed by atoms with E-state index in [1.165, 1.54) is 0 Å². The summed E-state index contributed by atoms with van der Waals surface area (Å²) in [5, 5.41) is 12.6. The number of pyridine rings is 1. The lowest BCUT2D eigenvalue weighted by atomic mass is 10.1. The second-order valence-corrected chi connectivity index (χ2v) is 4.25. The van der Waals surface area contributed by atoms with Gasteiger partial charge in [0.15, 0.2) is 0 Å². The van der Waals surface area contributed by atoms with Gasteiger partial charge in [-0.25, -0.2) is 0 Å². The van der Waals surface area contributed by atoms with E-state index in [4.69, 9.17) is 0 Å². The van der Waals surface area contributed by atoms with Crippen LogP contribution in [0.2, 0.25) is 0 Å². The van der Waals surface area contributed by atoms with E-state index in [0.29, 0.717) is 0 Å². The van der Waals surface area contributed by atoms with Gasteiger partial charge < -0.3 is 5.32 Å². The van der Waals surface area contributed by atoms with Crippen LogP contribution in [0.25, 0.3) is 22.2 Å². The molecule has 2 aromatic heterocycles. The van der Waals surface area contributed by atoms with Gasteiger partial charge in [0, 0.05) is 23.7 Å². The van der Waals surface area contributed by atoms with Gasteiger partial charge >= 0.3 is 0 Å². The zero-order chi connectivity index (χ0) is 13.1. The van der Waals surface area contributed by atoms with Gasteiger partial charge in [-0.1, -0.05) is 18.2 Å². The van der Waals surface area contributed by atoms with Gasteiger partial charge in [0.25, 0.3) is 0 Å². The standard InChI is InChI=1S/C15H14N4/c1-2-16-15-8-7-14(18-19-15)12-9-11-5-3-4-6-13(11)17-10-12/h3-10H,2H2,1H3,(H,16,19). The van der Waals surface area contributed by atoms with Crippen LogP contribution in [0, 0.1) is 0 Å². The number of benzene rings is 1. The van der Waals surface area contributed by atoms with Crippen LogP contribution >= 0.6 is 0 Å². The number of aromatic nitrogens is 3. The predicted octanol–water partition coefficient (Wildman–Crippen LogP) is 3.12. The molecule has 1 N–H and O–H groups in total. The number of anilines is 1. The van der Waals surface area contributed by atoms with Crippen LogP contribution in [0.15, 0.2) is 48.7 Å². The van der Waals surface area contributed by atoms with Gasteiger partial charge in [0.1, 0.15) is 5.82 Å². The molecule has 0 radical (unpaired) electrons. The molecule has 0 amide bonds. The van der Waals surface area contributed by atoms with Crippen molar-refractivity contribution in [3.05, 3.63) is 48.7 Å². The summed E-state index contributed by atoms with van der Waals surface area (Å²) < 4.78 is 0. The van der Waals surface area contributed by atoms with Crippen LogP contribution in [0.4, 0.5) is 5.82 Å². The summed E-state index contributed by atoms with van der Waals surface area (Å²) in [6, 6.07) is 14.0. The van der Waals surface area contributed by atoms with Crippen LogP contribution in [-0.2, 0) is 0 Å². The van der Waals surface area contributed by atoms with Crippen molar-refractivity contribution in [2.24, 2.45) is 0 Å². The van der Waals surface area contributed by atoms with Gasteiger partial charge in [0.2, 0.25) is 0 Å². The molecular formula is C15H14N4. The Balaban J connectivity index is 1.99. The maximum Gasteiger partial charge on any atom is 0.148 e. The van der Waals surface area contributed by atoms with Crippen LogP contribution in [0.3, 0.4) is 0 Å². The summed E-state index contributed by atoms with van der Waals surface area (Å²) in [7, 11) is 0. The first-order valence-corrected chi connectivity index (χ1v) is 6.29. The lowest BCUT2D eigenvalue weighted by molar-refractivity contribution is 1.02. The Morgan fingerprint density at radius 2 is 1.95 bits per heavy atom. The monoisotopic (exact) mass is 250 g/mol. The minimum absolute atomic E-state index is 0.792. The number of rotatable bonds is 3. The number of nitrogens with zero attached hydrogens (tertiary/aromatic N) is 3. The number of fused-ring (bicyclic) bond motifs is 1. The number of para-hydroxylation sites is 1. The number of hydrogen-bond acceptors (Lipinski definition) is 4. The van der Waals surface area contributed by atoms with E-state index in [2.05, 4.69) is 26.6 Å². The van der Waals surface area contributed by atoms with Crippen molar-refractivity contribution in [1.29, 1.82) is 0 Å². The molecule has 4 heteroatoms. The maximum absolute atomic E-state index is 4.43. The molecule has 0 aliphatic rings. The Labute approximate surface area is 111 Å². The Hall–Kier alpha value is -2.49. The van der Waals surface area contributed by atoms with Crippen molar-refractivity contribution >= 4 is 16.7 Å². The summed E-state index contributed by atoms with van der Waals surface area (Å²) in [5.41, 5.74) is 2.80. The average Bonchev–Trinajstić information content (AvgIpc) is 2.48. The van der Waals surface area contributed by atoms with Gasteiger partial charge in [-0.15, -0.1) is 10.2 Å². The summed E-state index contributed by atoms with van der Waals surface area (Å²) >= 11 is 0. The number of nitrogens with one attached hydrogen (secondary N) is 1. The Bertz CT molecular complexity index is 692. The summed E-state index contributed by atoms with van der Waals surface area (Å²) in [5.74, 6) is 0.792. The molecule has 0 aliphatic carbocycles. The Kier molecular flexibility index (Phi) is 3.06. The van der Waals surface area contributed by atoms with E-state index in [-0.39, 0.29) is 0 Å². The summed E-state index contributed by atoms with van der Waals surface area (Å²) in [6.07, 6.45) is 1.83. The zero-order valence-electron chi connectivity index (χ0n) is 10.7. The third kappa shape index (κ3) is 2.38. The van der Waals surface area contributed by atoms with Crippen LogP contribution in [0.1, 0.15) is 6.92 Å². The van der Waals surface area contributed by atoms with Crippen molar-refractivity contribution in [2.75, 3.05) is 11.9 Å². The second-order valence-electron chi connectivity index (χ2n) is 4.25. The van der Waals surface area contributed by atoms with Crippen molar-refractivity contribution in [3.63, 3.8) is 0 Å². The van der Waals surface area contributed by atoms with Crippen molar-refractivity contribution in [1.82, 2.24) is 15.2 Å². The predicted molar refractivity (Wildman–Crippen MR) is 76.9 cm³/mol. The highest BCUT2D eigenvalue weighted by Crippen LogP contribution is 2.20. The molecule has 3 aromatic rings.